The Kier molecular flexibility index (Phi) is 4.79. The molecule has 1 N–H and O–H groups in total. The Hall–Kier alpha value is -1.55. The normalized spacial score (nSPS) is 11.6. The Morgan fingerprint density at radius 2 is 2.31 bits per heavy atom. The monoisotopic (exact) mass is 223 g/mol. The lowest BCUT2D eigenvalue weighted by atomic mass is 10.2. The second kappa shape index (κ2) is 6.12. The highest BCUT2D eigenvalue weighted by Gasteiger charge is 2.09. The summed E-state index contributed by atoms with van der Waals surface area (Å²) in [6.45, 7) is 5.79. The number of esters is 1. The molecule has 0 aliphatic carbocycles. The molecule has 1 heterocycles. The molecule has 4 heteroatoms. The average Bonchev–Trinajstić information content (AvgIpc) is 2.73. The van der Waals surface area contributed by atoms with Gasteiger partial charge in [0.15, 0.2) is 0 Å². The third-order valence-corrected chi connectivity index (χ3v) is 2.06. The van der Waals surface area contributed by atoms with Crippen LogP contribution in [0.2, 0.25) is 0 Å². The zero-order valence-electron chi connectivity index (χ0n) is 9.87. The minimum Gasteiger partial charge on any atom is -0.463 e. The molecule has 0 saturated carbocycles. The Morgan fingerprint density at radius 1 is 1.56 bits per heavy atom. The van der Waals surface area contributed by atoms with Crippen molar-refractivity contribution in [2.24, 2.45) is 0 Å². The molecule has 0 atom stereocenters. The van der Waals surface area contributed by atoms with Crippen LogP contribution < -0.4 is 5.32 Å². The highest BCUT2D eigenvalue weighted by Crippen LogP contribution is 2.12. The molecule has 16 heavy (non-hydrogen) atoms. The van der Waals surface area contributed by atoms with Crippen molar-refractivity contribution in [3.8, 4) is 0 Å². The molecule has 0 fully saturated rings. The first-order valence-corrected chi connectivity index (χ1v) is 5.23. The lowest BCUT2D eigenvalue weighted by molar-refractivity contribution is 0.0564. The van der Waals surface area contributed by atoms with Gasteiger partial charge in [0.1, 0.15) is 5.76 Å². The predicted molar refractivity (Wildman–Crippen MR) is 62.2 cm³/mol. The van der Waals surface area contributed by atoms with Gasteiger partial charge in [-0.1, -0.05) is 12.5 Å². The number of hydrogen-bond donors (Lipinski definition) is 1. The van der Waals surface area contributed by atoms with E-state index < -0.39 is 5.97 Å². The molecule has 4 nitrogen and oxygen atoms in total. The van der Waals surface area contributed by atoms with Gasteiger partial charge in [-0.05, 0) is 31.7 Å². The van der Waals surface area contributed by atoms with Gasteiger partial charge in [0.2, 0.25) is 5.76 Å². The Labute approximate surface area is 95.3 Å². The minimum absolute atomic E-state index is 0.227. The quantitative estimate of drug-likeness (QED) is 0.776. The van der Waals surface area contributed by atoms with Gasteiger partial charge in [-0.25, -0.2) is 4.79 Å². The van der Waals surface area contributed by atoms with E-state index in [2.05, 4.69) is 17.0 Å². The summed E-state index contributed by atoms with van der Waals surface area (Å²) in [5.41, 5.74) is 1.15. The van der Waals surface area contributed by atoms with Crippen LogP contribution in [0.4, 0.5) is 0 Å². The zero-order valence-corrected chi connectivity index (χ0v) is 9.87. The number of nitrogens with one attached hydrogen (secondary N) is 1. The number of ether oxygens (including phenoxy) is 1. The van der Waals surface area contributed by atoms with E-state index in [-0.39, 0.29) is 5.76 Å². The summed E-state index contributed by atoms with van der Waals surface area (Å²) >= 11 is 0. The van der Waals surface area contributed by atoms with Crippen LogP contribution in [0.1, 0.15) is 30.2 Å². The summed E-state index contributed by atoms with van der Waals surface area (Å²) in [6, 6.07) is 3.36. The number of furan rings is 1. The first-order valence-electron chi connectivity index (χ1n) is 5.23. The van der Waals surface area contributed by atoms with E-state index >= 15 is 0 Å². The molecule has 0 bridgehead atoms. The van der Waals surface area contributed by atoms with Crippen molar-refractivity contribution in [2.45, 2.75) is 13.8 Å². The number of likely N-dealkylation sites (N-methyl/N-ethyl adjacent to an activating group) is 1. The molecular weight excluding hydrogens is 206 g/mol. The fourth-order valence-electron chi connectivity index (χ4n) is 1.26. The summed E-state index contributed by atoms with van der Waals surface area (Å²) in [5.74, 6) is 0.435. The third kappa shape index (κ3) is 3.55. The Balaban J connectivity index is 2.67. The van der Waals surface area contributed by atoms with E-state index in [4.69, 9.17) is 4.42 Å². The molecule has 0 spiro atoms. The van der Waals surface area contributed by atoms with Gasteiger partial charge in [0.25, 0.3) is 0 Å². The lowest BCUT2D eigenvalue weighted by Gasteiger charge is -2.00. The molecule has 0 unspecified atom stereocenters. The SMILES string of the molecule is CCNCC(C)=Cc1ccc(C(=O)OC)o1. The van der Waals surface area contributed by atoms with E-state index in [0.29, 0.717) is 5.76 Å². The van der Waals surface area contributed by atoms with Crippen LogP contribution in [0.5, 0.6) is 0 Å². The van der Waals surface area contributed by atoms with Crippen LogP contribution in [-0.4, -0.2) is 26.2 Å². The largest absolute Gasteiger partial charge is 0.463 e. The van der Waals surface area contributed by atoms with Crippen molar-refractivity contribution in [1.29, 1.82) is 0 Å². The van der Waals surface area contributed by atoms with Gasteiger partial charge in [-0.2, -0.15) is 0 Å². The van der Waals surface area contributed by atoms with Gasteiger partial charge < -0.3 is 14.5 Å². The molecule has 0 radical (unpaired) electrons. The van der Waals surface area contributed by atoms with Crippen LogP contribution in [0, 0.1) is 0 Å². The fraction of sp³-hybridized carbons (Fsp3) is 0.417. The smallest absolute Gasteiger partial charge is 0.373 e. The van der Waals surface area contributed by atoms with Gasteiger partial charge in [-0.15, -0.1) is 0 Å². The number of methoxy groups -OCH3 is 1. The molecule has 1 aromatic heterocycles. The van der Waals surface area contributed by atoms with E-state index in [1.165, 1.54) is 7.11 Å². The zero-order chi connectivity index (χ0) is 12.0. The summed E-state index contributed by atoms with van der Waals surface area (Å²) in [4.78, 5) is 11.1. The van der Waals surface area contributed by atoms with Gasteiger partial charge >= 0.3 is 5.97 Å². The van der Waals surface area contributed by atoms with Crippen molar-refractivity contribution >= 4 is 12.0 Å². The Morgan fingerprint density at radius 3 is 2.94 bits per heavy atom. The maximum atomic E-state index is 11.1. The first-order chi connectivity index (χ1) is 7.67. The van der Waals surface area contributed by atoms with Crippen molar-refractivity contribution in [1.82, 2.24) is 5.32 Å². The van der Waals surface area contributed by atoms with E-state index in [0.717, 1.165) is 18.7 Å². The molecule has 0 saturated heterocycles. The molecule has 0 aliphatic heterocycles. The number of hydrogen-bond acceptors (Lipinski definition) is 4. The first kappa shape index (κ1) is 12.5. The second-order valence-corrected chi connectivity index (χ2v) is 3.46. The molecule has 0 amide bonds. The van der Waals surface area contributed by atoms with Crippen molar-refractivity contribution in [2.75, 3.05) is 20.2 Å². The van der Waals surface area contributed by atoms with Gasteiger partial charge in [-0.3, -0.25) is 0 Å². The summed E-state index contributed by atoms with van der Waals surface area (Å²) in [5, 5.41) is 3.21. The van der Waals surface area contributed by atoms with Crippen LogP contribution in [0.15, 0.2) is 22.1 Å². The maximum Gasteiger partial charge on any atom is 0.373 e. The number of carbonyl (C=O) groups is 1. The topological polar surface area (TPSA) is 51.5 Å². The number of rotatable bonds is 5. The molecular formula is C12H17NO3. The number of carbonyl (C=O) groups excluding carboxylic acids is 1. The summed E-state index contributed by atoms with van der Waals surface area (Å²) in [6.07, 6.45) is 1.90. The van der Waals surface area contributed by atoms with E-state index in [1.54, 1.807) is 12.1 Å². The molecule has 1 rings (SSSR count). The summed E-state index contributed by atoms with van der Waals surface area (Å²) in [7, 11) is 1.33. The lowest BCUT2D eigenvalue weighted by Crippen LogP contribution is -2.14. The third-order valence-electron chi connectivity index (χ3n) is 2.06. The average molecular weight is 223 g/mol. The van der Waals surface area contributed by atoms with E-state index in [1.807, 2.05) is 13.0 Å². The van der Waals surface area contributed by atoms with Gasteiger partial charge in [0.05, 0.1) is 7.11 Å². The van der Waals surface area contributed by atoms with Crippen molar-refractivity contribution in [3.05, 3.63) is 29.2 Å². The minimum atomic E-state index is -0.455. The van der Waals surface area contributed by atoms with Crippen molar-refractivity contribution in [3.63, 3.8) is 0 Å². The molecule has 0 aliphatic rings. The van der Waals surface area contributed by atoms with Crippen LogP contribution in [-0.2, 0) is 4.74 Å². The highest BCUT2D eigenvalue weighted by molar-refractivity contribution is 5.86. The Bertz CT molecular complexity index is 379. The fourth-order valence-corrected chi connectivity index (χ4v) is 1.26. The second-order valence-electron chi connectivity index (χ2n) is 3.46. The predicted octanol–water partition coefficient (Wildman–Crippen LogP) is 2.08. The van der Waals surface area contributed by atoms with Crippen LogP contribution in [0.25, 0.3) is 6.08 Å². The van der Waals surface area contributed by atoms with Crippen LogP contribution in [0.3, 0.4) is 0 Å². The molecule has 0 aromatic carbocycles. The van der Waals surface area contributed by atoms with Crippen LogP contribution >= 0.6 is 0 Å². The van der Waals surface area contributed by atoms with E-state index in [9.17, 15) is 4.79 Å². The highest BCUT2D eigenvalue weighted by atomic mass is 16.5. The van der Waals surface area contributed by atoms with Gasteiger partial charge in [0, 0.05) is 6.54 Å². The molecule has 1 aromatic rings. The summed E-state index contributed by atoms with van der Waals surface area (Å²) < 4.78 is 9.86. The molecule has 88 valence electrons. The maximum absolute atomic E-state index is 11.1. The van der Waals surface area contributed by atoms with Crippen molar-refractivity contribution < 1.29 is 13.9 Å². The standard InChI is InChI=1S/C12H17NO3/c1-4-13-8-9(2)7-10-5-6-11(16-10)12(14)15-3/h5-7,13H,4,8H2,1-3H3.